The third-order valence-electron chi connectivity index (χ3n) is 2.52. The summed E-state index contributed by atoms with van der Waals surface area (Å²) in [5.41, 5.74) is 6.89. The van der Waals surface area contributed by atoms with Gasteiger partial charge < -0.3 is 20.5 Å². The number of nitrogens with one attached hydrogen (secondary N) is 1. The lowest BCUT2D eigenvalue weighted by Crippen LogP contribution is -2.32. The predicted molar refractivity (Wildman–Crippen MR) is 73.6 cm³/mol. The van der Waals surface area contributed by atoms with Crippen LogP contribution in [0.3, 0.4) is 0 Å². The van der Waals surface area contributed by atoms with Gasteiger partial charge in [0.05, 0.1) is 13.2 Å². The Hall–Kier alpha value is -1.30. The van der Waals surface area contributed by atoms with Gasteiger partial charge in [0.2, 0.25) is 0 Å². The van der Waals surface area contributed by atoms with Crippen molar-refractivity contribution in [2.24, 2.45) is 5.73 Å². The molecule has 0 heterocycles. The van der Waals surface area contributed by atoms with Crippen molar-refractivity contribution in [3.63, 3.8) is 0 Å². The summed E-state index contributed by atoms with van der Waals surface area (Å²) in [6.45, 7) is 1.61. The molecule has 1 aromatic carbocycles. The molecule has 0 amide bonds. The van der Waals surface area contributed by atoms with Gasteiger partial charge in [-0.05, 0) is 18.2 Å². The van der Waals surface area contributed by atoms with E-state index in [-0.39, 0.29) is 12.4 Å². The number of nitrogen functional groups attached to an aromatic ring is 1. The number of hydrogen-bond acceptors (Lipinski definition) is 4. The molecule has 0 saturated heterocycles. The second kappa shape index (κ2) is 7.20. The summed E-state index contributed by atoms with van der Waals surface area (Å²) in [6.07, 6.45) is 0. The van der Waals surface area contributed by atoms with Crippen molar-refractivity contribution in [3.8, 4) is 0 Å². The maximum Gasteiger partial charge on any atom is 0.124 e. The van der Waals surface area contributed by atoms with E-state index < -0.39 is 0 Å². The summed E-state index contributed by atoms with van der Waals surface area (Å²) in [6, 6.07) is 5.18. The van der Waals surface area contributed by atoms with Crippen molar-refractivity contribution in [3.05, 3.63) is 28.8 Å². The van der Waals surface area contributed by atoms with Crippen LogP contribution in [0.4, 0.5) is 5.69 Å². The van der Waals surface area contributed by atoms with Crippen molar-refractivity contribution < 1.29 is 9.84 Å². The SMILES string of the molecule is COCCN(CCO)c1ccc(Cl)cc1C(=N)N. The molecule has 0 spiro atoms. The predicted octanol–water partition coefficient (Wildman–Crippen LogP) is 1.07. The number of methoxy groups -OCH3 is 1. The zero-order chi connectivity index (χ0) is 13.5. The van der Waals surface area contributed by atoms with Gasteiger partial charge in [-0.1, -0.05) is 11.6 Å². The molecule has 6 heteroatoms. The van der Waals surface area contributed by atoms with E-state index in [4.69, 9.17) is 32.6 Å². The fraction of sp³-hybridized carbons (Fsp3) is 0.417. The normalized spacial score (nSPS) is 10.4. The van der Waals surface area contributed by atoms with Gasteiger partial charge in [-0.2, -0.15) is 0 Å². The minimum atomic E-state index is -0.0483. The van der Waals surface area contributed by atoms with Gasteiger partial charge in [-0.15, -0.1) is 0 Å². The van der Waals surface area contributed by atoms with Gasteiger partial charge in [-0.25, -0.2) is 0 Å². The minimum Gasteiger partial charge on any atom is -0.395 e. The molecule has 0 bridgehead atoms. The van der Waals surface area contributed by atoms with Crippen molar-refractivity contribution in [1.82, 2.24) is 0 Å². The maximum atomic E-state index is 9.09. The molecule has 100 valence electrons. The molecule has 1 rings (SSSR count). The van der Waals surface area contributed by atoms with E-state index in [9.17, 15) is 0 Å². The number of ether oxygens (including phenoxy) is 1. The molecule has 18 heavy (non-hydrogen) atoms. The van der Waals surface area contributed by atoms with Crippen LogP contribution in [0, 0.1) is 5.41 Å². The van der Waals surface area contributed by atoms with Crippen molar-refractivity contribution in [1.29, 1.82) is 5.41 Å². The Morgan fingerprint density at radius 2 is 2.22 bits per heavy atom. The number of amidine groups is 1. The molecule has 5 nitrogen and oxygen atoms in total. The topological polar surface area (TPSA) is 82.6 Å². The van der Waals surface area contributed by atoms with Crippen LogP contribution in [0.1, 0.15) is 5.56 Å². The van der Waals surface area contributed by atoms with Gasteiger partial charge in [-0.3, -0.25) is 5.41 Å². The number of anilines is 1. The molecule has 0 unspecified atom stereocenters. The quantitative estimate of drug-likeness (QED) is 0.512. The number of nitrogens with zero attached hydrogens (tertiary/aromatic N) is 1. The molecule has 1 aromatic rings. The fourth-order valence-corrected chi connectivity index (χ4v) is 1.85. The largest absolute Gasteiger partial charge is 0.395 e. The Kier molecular flexibility index (Phi) is 5.91. The van der Waals surface area contributed by atoms with E-state index in [1.54, 1.807) is 25.3 Å². The highest BCUT2D eigenvalue weighted by Crippen LogP contribution is 2.23. The first-order chi connectivity index (χ1) is 8.60. The Balaban J connectivity index is 3.05. The summed E-state index contributed by atoms with van der Waals surface area (Å²) >= 11 is 5.90. The Morgan fingerprint density at radius 3 is 2.78 bits per heavy atom. The number of rotatable bonds is 7. The van der Waals surface area contributed by atoms with Crippen LogP contribution in [0.15, 0.2) is 18.2 Å². The second-order valence-corrected chi connectivity index (χ2v) is 4.22. The maximum absolute atomic E-state index is 9.09. The first kappa shape index (κ1) is 14.8. The van der Waals surface area contributed by atoms with Crippen molar-refractivity contribution >= 4 is 23.1 Å². The molecule has 0 atom stereocenters. The zero-order valence-electron chi connectivity index (χ0n) is 10.3. The van der Waals surface area contributed by atoms with Crippen molar-refractivity contribution in [2.75, 3.05) is 38.3 Å². The molecular weight excluding hydrogens is 254 g/mol. The van der Waals surface area contributed by atoms with Crippen LogP contribution in [0.2, 0.25) is 5.02 Å². The van der Waals surface area contributed by atoms with Gasteiger partial charge in [0.15, 0.2) is 0 Å². The third-order valence-corrected chi connectivity index (χ3v) is 2.76. The lowest BCUT2D eigenvalue weighted by molar-refractivity contribution is 0.203. The fourth-order valence-electron chi connectivity index (χ4n) is 1.67. The summed E-state index contributed by atoms with van der Waals surface area (Å²) in [5.74, 6) is -0.0483. The smallest absolute Gasteiger partial charge is 0.124 e. The number of hydrogen-bond donors (Lipinski definition) is 3. The molecule has 0 radical (unpaired) electrons. The van der Waals surface area contributed by atoms with Gasteiger partial charge >= 0.3 is 0 Å². The summed E-state index contributed by atoms with van der Waals surface area (Å²) in [4.78, 5) is 1.91. The van der Waals surface area contributed by atoms with Crippen molar-refractivity contribution in [2.45, 2.75) is 0 Å². The molecule has 0 fully saturated rings. The van der Waals surface area contributed by atoms with Crippen LogP contribution in [0.25, 0.3) is 0 Å². The van der Waals surface area contributed by atoms with Crippen LogP contribution < -0.4 is 10.6 Å². The van der Waals surface area contributed by atoms with Gasteiger partial charge in [0.25, 0.3) is 0 Å². The first-order valence-electron chi connectivity index (χ1n) is 5.58. The lowest BCUT2D eigenvalue weighted by atomic mass is 10.1. The molecule has 0 aliphatic rings. The zero-order valence-corrected chi connectivity index (χ0v) is 11.1. The van der Waals surface area contributed by atoms with Crippen LogP contribution in [-0.4, -0.2) is 44.4 Å². The molecule has 0 saturated carbocycles. The van der Waals surface area contributed by atoms with E-state index in [1.807, 2.05) is 4.90 Å². The highest BCUT2D eigenvalue weighted by atomic mass is 35.5. The Bertz CT molecular complexity index is 412. The number of benzene rings is 1. The van der Waals surface area contributed by atoms with Crippen LogP contribution >= 0.6 is 11.6 Å². The van der Waals surface area contributed by atoms with E-state index >= 15 is 0 Å². The van der Waals surface area contributed by atoms with E-state index in [0.29, 0.717) is 30.3 Å². The molecule has 4 N–H and O–H groups in total. The molecule has 0 aliphatic heterocycles. The standard InChI is InChI=1S/C12H18ClN3O2/c1-18-7-5-16(4-6-17)11-3-2-9(13)8-10(11)12(14)15/h2-3,8,17H,4-7H2,1H3,(H3,14,15). The average molecular weight is 272 g/mol. The third kappa shape index (κ3) is 3.87. The summed E-state index contributed by atoms with van der Waals surface area (Å²) in [5, 5.41) is 17.2. The Labute approximate surface area is 112 Å². The average Bonchev–Trinajstić information content (AvgIpc) is 2.34. The minimum absolute atomic E-state index is 0.0175. The van der Waals surface area contributed by atoms with E-state index in [2.05, 4.69) is 0 Å². The molecule has 0 aromatic heterocycles. The van der Waals surface area contributed by atoms with Gasteiger partial charge in [0.1, 0.15) is 5.84 Å². The highest BCUT2D eigenvalue weighted by molar-refractivity contribution is 6.31. The molecular formula is C12H18ClN3O2. The van der Waals surface area contributed by atoms with Crippen LogP contribution in [-0.2, 0) is 4.74 Å². The highest BCUT2D eigenvalue weighted by Gasteiger charge is 2.13. The lowest BCUT2D eigenvalue weighted by Gasteiger charge is -2.26. The summed E-state index contributed by atoms with van der Waals surface area (Å²) < 4.78 is 5.03. The van der Waals surface area contributed by atoms with Crippen LogP contribution in [0.5, 0.6) is 0 Å². The van der Waals surface area contributed by atoms with E-state index in [0.717, 1.165) is 5.69 Å². The Morgan fingerprint density at radius 1 is 1.50 bits per heavy atom. The van der Waals surface area contributed by atoms with Gasteiger partial charge in [0, 0.05) is 36.5 Å². The number of aliphatic hydroxyl groups excluding tert-OH is 1. The second-order valence-electron chi connectivity index (χ2n) is 3.78. The summed E-state index contributed by atoms with van der Waals surface area (Å²) in [7, 11) is 1.62. The number of nitrogens with two attached hydrogens (primary N) is 1. The number of aliphatic hydroxyl groups is 1. The monoisotopic (exact) mass is 271 g/mol. The number of halogens is 1. The van der Waals surface area contributed by atoms with E-state index in [1.165, 1.54) is 0 Å². The first-order valence-corrected chi connectivity index (χ1v) is 5.96. The molecule has 0 aliphatic carbocycles.